The lowest BCUT2D eigenvalue weighted by Gasteiger charge is -2.27. The smallest absolute Gasteiger partial charge is 0.410 e. The first-order valence-electron chi connectivity index (χ1n) is 10.6. The van der Waals surface area contributed by atoms with Gasteiger partial charge in [0.15, 0.2) is 0 Å². The lowest BCUT2D eigenvalue weighted by molar-refractivity contribution is 0.0295. The first-order valence-corrected chi connectivity index (χ1v) is 10.6. The van der Waals surface area contributed by atoms with Gasteiger partial charge in [0.25, 0.3) is 5.56 Å². The second kappa shape index (κ2) is 9.89. The summed E-state index contributed by atoms with van der Waals surface area (Å²) in [7, 11) is 0. The highest BCUT2D eigenvalue weighted by atomic mass is 16.6. The molecule has 162 valence electrons. The molecule has 3 heterocycles. The molecule has 4 rings (SSSR count). The third-order valence-corrected chi connectivity index (χ3v) is 5.09. The van der Waals surface area contributed by atoms with Gasteiger partial charge in [-0.25, -0.2) is 9.78 Å². The molecule has 0 unspecified atom stereocenters. The van der Waals surface area contributed by atoms with Gasteiger partial charge in [0.05, 0.1) is 17.6 Å². The zero-order valence-electron chi connectivity index (χ0n) is 18.2. The number of carbonyl (C=O) groups is 1. The molecule has 0 bridgehead atoms. The molecule has 1 amide bonds. The largest absolute Gasteiger partial charge is 0.444 e. The molecule has 1 aromatic carbocycles. The number of carbonyl (C=O) groups excluding carboxylic acids is 1. The van der Waals surface area contributed by atoms with Crippen LogP contribution in [0.2, 0.25) is 0 Å². The molecule has 1 saturated heterocycles. The molecular formula is C23H32N4O3. The van der Waals surface area contributed by atoms with E-state index in [0.29, 0.717) is 6.54 Å². The molecule has 2 aliphatic rings. The number of ether oxygens (including phenoxy) is 1. The van der Waals surface area contributed by atoms with Crippen LogP contribution in [0, 0.1) is 0 Å². The van der Waals surface area contributed by atoms with E-state index in [1.54, 1.807) is 4.90 Å². The fourth-order valence-corrected chi connectivity index (χ4v) is 3.61. The van der Waals surface area contributed by atoms with E-state index in [4.69, 9.17) is 4.74 Å². The number of likely N-dealkylation sites (tertiary alicyclic amines) is 1. The standard InChI is InChI=1S/C14H15N3O.C9H17NO2/c18-14-12-9-17(7-6-13(12)15-10-16-14)8-11-4-2-1-3-5-11;1-9(2,3)12-8(11)10-6-4-5-7-10/h1-5,10H,6-9H2,(H,15,16,18);4-7H2,1-3H3. The van der Waals surface area contributed by atoms with Gasteiger partial charge in [-0.05, 0) is 39.2 Å². The molecule has 2 aliphatic heterocycles. The lowest BCUT2D eigenvalue weighted by Crippen LogP contribution is -2.34. The summed E-state index contributed by atoms with van der Waals surface area (Å²) in [5.74, 6) is 0. The number of aromatic nitrogens is 2. The number of fused-ring (bicyclic) bond motifs is 1. The Morgan fingerprint density at radius 1 is 1.13 bits per heavy atom. The molecule has 2 aromatic rings. The fraction of sp³-hybridized carbons (Fsp3) is 0.522. The number of hydrogen-bond acceptors (Lipinski definition) is 5. The first-order chi connectivity index (χ1) is 14.3. The van der Waals surface area contributed by atoms with E-state index in [2.05, 4.69) is 27.0 Å². The van der Waals surface area contributed by atoms with Crippen molar-refractivity contribution in [1.82, 2.24) is 19.8 Å². The van der Waals surface area contributed by atoms with Gasteiger partial charge in [0.2, 0.25) is 0 Å². The summed E-state index contributed by atoms with van der Waals surface area (Å²) in [4.78, 5) is 34.0. The van der Waals surface area contributed by atoms with Gasteiger partial charge in [-0.3, -0.25) is 9.69 Å². The van der Waals surface area contributed by atoms with Crippen LogP contribution < -0.4 is 5.56 Å². The van der Waals surface area contributed by atoms with Crippen LogP contribution in [-0.4, -0.2) is 51.1 Å². The summed E-state index contributed by atoms with van der Waals surface area (Å²) < 4.78 is 5.21. The second-order valence-corrected chi connectivity index (χ2v) is 8.78. The first kappa shape index (κ1) is 22.0. The number of aromatic amines is 1. The molecule has 7 nitrogen and oxygen atoms in total. The molecule has 1 fully saturated rings. The van der Waals surface area contributed by atoms with E-state index in [0.717, 1.165) is 56.7 Å². The van der Waals surface area contributed by atoms with Gasteiger partial charge in [0.1, 0.15) is 5.60 Å². The van der Waals surface area contributed by atoms with Crippen molar-refractivity contribution in [3.63, 3.8) is 0 Å². The SMILES string of the molecule is CC(C)(C)OC(=O)N1CCCC1.O=c1[nH]cnc2c1CN(Cc1ccccc1)CC2. The Balaban J connectivity index is 0.000000187. The lowest BCUT2D eigenvalue weighted by atomic mass is 10.1. The Labute approximate surface area is 178 Å². The van der Waals surface area contributed by atoms with E-state index in [-0.39, 0.29) is 17.3 Å². The zero-order chi connectivity index (χ0) is 21.6. The summed E-state index contributed by atoms with van der Waals surface area (Å²) in [6.07, 6.45) is 4.40. The number of nitrogens with one attached hydrogen (secondary N) is 1. The Hall–Kier alpha value is -2.67. The monoisotopic (exact) mass is 412 g/mol. The van der Waals surface area contributed by atoms with Crippen LogP contribution in [0.5, 0.6) is 0 Å². The number of benzene rings is 1. The third kappa shape index (κ3) is 6.42. The van der Waals surface area contributed by atoms with Crippen LogP contribution in [-0.2, 0) is 24.2 Å². The quantitative estimate of drug-likeness (QED) is 0.818. The molecule has 0 aliphatic carbocycles. The zero-order valence-corrected chi connectivity index (χ0v) is 18.2. The summed E-state index contributed by atoms with van der Waals surface area (Å²) >= 11 is 0. The number of hydrogen-bond donors (Lipinski definition) is 1. The summed E-state index contributed by atoms with van der Waals surface area (Å²) in [5, 5.41) is 0. The van der Waals surface area contributed by atoms with Crippen molar-refractivity contribution in [2.75, 3.05) is 19.6 Å². The maximum Gasteiger partial charge on any atom is 0.410 e. The Morgan fingerprint density at radius 2 is 1.83 bits per heavy atom. The van der Waals surface area contributed by atoms with Crippen molar-refractivity contribution in [1.29, 1.82) is 0 Å². The molecule has 0 spiro atoms. The molecule has 1 N–H and O–H groups in total. The minimum Gasteiger partial charge on any atom is -0.444 e. The van der Waals surface area contributed by atoms with Crippen LogP contribution in [0.4, 0.5) is 4.79 Å². The second-order valence-electron chi connectivity index (χ2n) is 8.78. The maximum atomic E-state index is 11.7. The molecule has 7 heteroatoms. The molecule has 1 aromatic heterocycles. The molecule has 0 radical (unpaired) electrons. The fourth-order valence-electron chi connectivity index (χ4n) is 3.61. The highest BCUT2D eigenvalue weighted by Crippen LogP contribution is 2.16. The van der Waals surface area contributed by atoms with Gasteiger partial charge in [-0.1, -0.05) is 30.3 Å². The minimum atomic E-state index is -0.361. The van der Waals surface area contributed by atoms with Gasteiger partial charge < -0.3 is 14.6 Å². The Bertz CT molecular complexity index is 883. The van der Waals surface area contributed by atoms with Gasteiger partial charge >= 0.3 is 6.09 Å². The Kier molecular flexibility index (Phi) is 7.26. The van der Waals surface area contributed by atoms with Crippen molar-refractivity contribution in [2.24, 2.45) is 0 Å². The van der Waals surface area contributed by atoms with Crippen LogP contribution >= 0.6 is 0 Å². The van der Waals surface area contributed by atoms with Gasteiger partial charge in [-0.2, -0.15) is 0 Å². The van der Waals surface area contributed by atoms with Crippen molar-refractivity contribution < 1.29 is 9.53 Å². The highest BCUT2D eigenvalue weighted by Gasteiger charge is 2.24. The van der Waals surface area contributed by atoms with E-state index in [9.17, 15) is 9.59 Å². The number of rotatable bonds is 2. The van der Waals surface area contributed by atoms with E-state index in [1.165, 1.54) is 11.9 Å². The van der Waals surface area contributed by atoms with Crippen molar-refractivity contribution >= 4 is 6.09 Å². The van der Waals surface area contributed by atoms with Crippen LogP contribution in [0.1, 0.15) is 50.4 Å². The van der Waals surface area contributed by atoms with E-state index in [1.807, 2.05) is 39.0 Å². The topological polar surface area (TPSA) is 78.5 Å². The number of H-pyrrole nitrogens is 1. The highest BCUT2D eigenvalue weighted by molar-refractivity contribution is 5.68. The van der Waals surface area contributed by atoms with Crippen LogP contribution in [0.25, 0.3) is 0 Å². The van der Waals surface area contributed by atoms with Crippen molar-refractivity contribution in [2.45, 2.75) is 58.7 Å². The molecule has 30 heavy (non-hydrogen) atoms. The van der Waals surface area contributed by atoms with Crippen molar-refractivity contribution in [3.05, 3.63) is 63.8 Å². The normalized spacial score (nSPS) is 16.4. The Morgan fingerprint density at radius 3 is 2.50 bits per heavy atom. The van der Waals surface area contributed by atoms with Crippen LogP contribution in [0.15, 0.2) is 41.5 Å². The minimum absolute atomic E-state index is 0.00207. The average molecular weight is 413 g/mol. The predicted molar refractivity (Wildman–Crippen MR) is 116 cm³/mol. The van der Waals surface area contributed by atoms with E-state index >= 15 is 0 Å². The van der Waals surface area contributed by atoms with Gasteiger partial charge in [-0.15, -0.1) is 0 Å². The predicted octanol–water partition coefficient (Wildman–Crippen LogP) is 3.35. The molecule has 0 atom stereocenters. The summed E-state index contributed by atoms with van der Waals surface area (Å²) in [5.41, 5.74) is 2.68. The van der Waals surface area contributed by atoms with Gasteiger partial charge in [0, 0.05) is 39.1 Å². The maximum absolute atomic E-state index is 11.7. The molecular weight excluding hydrogens is 380 g/mol. The third-order valence-electron chi connectivity index (χ3n) is 5.09. The molecule has 0 saturated carbocycles. The summed E-state index contributed by atoms with van der Waals surface area (Å²) in [6, 6.07) is 10.3. The average Bonchev–Trinajstić information content (AvgIpc) is 3.24. The van der Waals surface area contributed by atoms with E-state index < -0.39 is 0 Å². The number of nitrogens with zero attached hydrogens (tertiary/aromatic N) is 3. The number of amides is 1. The van der Waals surface area contributed by atoms with Crippen molar-refractivity contribution in [3.8, 4) is 0 Å². The summed E-state index contributed by atoms with van der Waals surface area (Å²) in [6.45, 7) is 9.91. The van der Waals surface area contributed by atoms with Crippen LogP contribution in [0.3, 0.4) is 0 Å².